The van der Waals surface area contributed by atoms with Gasteiger partial charge in [-0.3, -0.25) is 0 Å². The Hall–Kier alpha value is -0.410. The summed E-state index contributed by atoms with van der Waals surface area (Å²) in [5, 5.41) is 0. The second-order valence-electron chi connectivity index (χ2n) is 5.81. The normalized spacial score (nSPS) is 28.3. The minimum atomic E-state index is -0.196. The summed E-state index contributed by atoms with van der Waals surface area (Å²) in [7, 11) is 0. The van der Waals surface area contributed by atoms with Gasteiger partial charge < -0.3 is 5.73 Å². The van der Waals surface area contributed by atoms with Gasteiger partial charge in [0, 0.05) is 0 Å². The molecule has 2 N–H and O–H groups in total. The van der Waals surface area contributed by atoms with Crippen LogP contribution in [0.15, 0.2) is 22.7 Å². The molecule has 0 unspecified atom stereocenters. The predicted molar refractivity (Wildman–Crippen MR) is 76.9 cm³/mol. The van der Waals surface area contributed by atoms with Gasteiger partial charge in [0.1, 0.15) is 5.82 Å². The van der Waals surface area contributed by atoms with Crippen LogP contribution in [0.5, 0.6) is 0 Å². The van der Waals surface area contributed by atoms with Gasteiger partial charge >= 0.3 is 0 Å². The van der Waals surface area contributed by atoms with Crippen molar-refractivity contribution in [3.63, 3.8) is 0 Å². The fraction of sp³-hybridized carbons (Fsp3) is 0.600. The number of hydrogen-bond donors (Lipinski definition) is 1. The molecule has 1 aliphatic rings. The summed E-state index contributed by atoms with van der Waals surface area (Å²) in [5.41, 5.74) is 7.42. The first kappa shape index (κ1) is 14.0. The van der Waals surface area contributed by atoms with Crippen molar-refractivity contribution < 1.29 is 4.39 Å². The van der Waals surface area contributed by atoms with Crippen LogP contribution >= 0.6 is 15.9 Å². The fourth-order valence-corrected chi connectivity index (χ4v) is 3.34. The smallest absolute Gasteiger partial charge is 0.137 e. The van der Waals surface area contributed by atoms with Gasteiger partial charge in [-0.15, -0.1) is 0 Å². The highest BCUT2D eigenvalue weighted by Crippen LogP contribution is 2.40. The van der Waals surface area contributed by atoms with Gasteiger partial charge in [0.2, 0.25) is 0 Å². The van der Waals surface area contributed by atoms with E-state index in [1.165, 1.54) is 37.3 Å². The van der Waals surface area contributed by atoms with E-state index in [4.69, 9.17) is 5.73 Å². The summed E-state index contributed by atoms with van der Waals surface area (Å²) in [5.74, 6) is 0.627. The third-order valence-corrected chi connectivity index (χ3v) is 4.94. The largest absolute Gasteiger partial charge is 0.330 e. The van der Waals surface area contributed by atoms with Crippen LogP contribution in [0.25, 0.3) is 0 Å². The molecule has 1 aliphatic carbocycles. The first-order valence-electron chi connectivity index (χ1n) is 6.69. The highest BCUT2D eigenvalue weighted by Gasteiger charge is 2.33. The Labute approximate surface area is 117 Å². The van der Waals surface area contributed by atoms with Crippen LogP contribution < -0.4 is 5.73 Å². The van der Waals surface area contributed by atoms with E-state index in [-0.39, 0.29) is 11.2 Å². The van der Waals surface area contributed by atoms with Gasteiger partial charge in [0.25, 0.3) is 0 Å². The minimum Gasteiger partial charge on any atom is -0.330 e. The molecule has 100 valence electrons. The Morgan fingerprint density at radius 1 is 1.39 bits per heavy atom. The fourth-order valence-electron chi connectivity index (χ4n) is 2.91. The number of benzene rings is 1. The zero-order valence-electron chi connectivity index (χ0n) is 10.9. The quantitative estimate of drug-likeness (QED) is 0.885. The first-order chi connectivity index (χ1) is 8.54. The van der Waals surface area contributed by atoms with Crippen molar-refractivity contribution in [2.24, 2.45) is 17.1 Å². The van der Waals surface area contributed by atoms with Gasteiger partial charge in [-0.25, -0.2) is 4.39 Å². The van der Waals surface area contributed by atoms with E-state index in [1.54, 1.807) is 0 Å². The van der Waals surface area contributed by atoms with Gasteiger partial charge in [0.05, 0.1) is 4.47 Å². The van der Waals surface area contributed by atoms with Crippen LogP contribution in [0.4, 0.5) is 4.39 Å². The molecule has 1 aromatic rings. The monoisotopic (exact) mass is 313 g/mol. The molecule has 0 aliphatic heterocycles. The molecule has 18 heavy (non-hydrogen) atoms. The maximum absolute atomic E-state index is 13.2. The van der Waals surface area contributed by atoms with Crippen molar-refractivity contribution >= 4 is 15.9 Å². The Morgan fingerprint density at radius 3 is 2.61 bits per heavy atom. The molecule has 1 fully saturated rings. The Balaban J connectivity index is 2.12. The molecular weight excluding hydrogens is 293 g/mol. The van der Waals surface area contributed by atoms with Crippen molar-refractivity contribution in [3.05, 3.63) is 34.1 Å². The molecular formula is C15H21BrFN. The first-order valence-corrected chi connectivity index (χ1v) is 7.48. The Kier molecular flexibility index (Phi) is 4.44. The summed E-state index contributed by atoms with van der Waals surface area (Å²) in [6.45, 7) is 3.05. The SMILES string of the molecule is CC1CCC(CN)(Cc2ccc(F)c(Br)c2)CC1. The Morgan fingerprint density at radius 2 is 2.06 bits per heavy atom. The summed E-state index contributed by atoms with van der Waals surface area (Å²) in [6, 6.07) is 5.31. The van der Waals surface area contributed by atoms with E-state index in [1.807, 2.05) is 12.1 Å². The third kappa shape index (κ3) is 3.12. The van der Waals surface area contributed by atoms with Crippen molar-refractivity contribution in [2.75, 3.05) is 6.54 Å². The van der Waals surface area contributed by atoms with Gasteiger partial charge in [-0.05, 0) is 70.8 Å². The highest BCUT2D eigenvalue weighted by atomic mass is 79.9. The standard InChI is InChI=1S/C15H21BrFN/c1-11-4-6-15(10-18,7-5-11)9-12-2-3-14(17)13(16)8-12/h2-3,8,11H,4-7,9-10,18H2,1H3. The topological polar surface area (TPSA) is 26.0 Å². The van der Waals surface area contributed by atoms with Crippen LogP contribution in [-0.4, -0.2) is 6.54 Å². The lowest BCUT2D eigenvalue weighted by molar-refractivity contribution is 0.163. The molecule has 0 bridgehead atoms. The molecule has 0 aromatic heterocycles. The Bertz CT molecular complexity index is 411. The second-order valence-corrected chi connectivity index (χ2v) is 6.67. The molecule has 0 amide bonds. The van der Waals surface area contributed by atoms with Crippen LogP contribution in [0.3, 0.4) is 0 Å². The number of rotatable bonds is 3. The van der Waals surface area contributed by atoms with E-state index < -0.39 is 0 Å². The highest BCUT2D eigenvalue weighted by molar-refractivity contribution is 9.10. The molecule has 1 nitrogen and oxygen atoms in total. The van der Waals surface area contributed by atoms with Crippen molar-refractivity contribution in [2.45, 2.75) is 39.0 Å². The zero-order chi connectivity index (χ0) is 13.2. The molecule has 0 radical (unpaired) electrons. The number of hydrogen-bond acceptors (Lipinski definition) is 1. The summed E-state index contributed by atoms with van der Waals surface area (Å²) in [6.07, 6.45) is 5.88. The van der Waals surface area contributed by atoms with E-state index in [2.05, 4.69) is 22.9 Å². The predicted octanol–water partition coefficient (Wildman–Crippen LogP) is 4.29. The molecule has 0 spiro atoms. The lowest BCUT2D eigenvalue weighted by Crippen LogP contribution is -2.36. The minimum absolute atomic E-state index is 0.196. The number of nitrogens with two attached hydrogens (primary N) is 1. The van der Waals surface area contributed by atoms with E-state index >= 15 is 0 Å². The van der Waals surface area contributed by atoms with Crippen molar-refractivity contribution in [3.8, 4) is 0 Å². The molecule has 1 aromatic carbocycles. The van der Waals surface area contributed by atoms with Crippen molar-refractivity contribution in [1.29, 1.82) is 0 Å². The maximum atomic E-state index is 13.2. The molecule has 0 heterocycles. The molecule has 2 rings (SSSR count). The summed E-state index contributed by atoms with van der Waals surface area (Å²) < 4.78 is 13.8. The molecule has 1 saturated carbocycles. The summed E-state index contributed by atoms with van der Waals surface area (Å²) in [4.78, 5) is 0. The van der Waals surface area contributed by atoms with Crippen LogP contribution in [0, 0.1) is 17.2 Å². The molecule has 3 heteroatoms. The van der Waals surface area contributed by atoms with Crippen LogP contribution in [-0.2, 0) is 6.42 Å². The van der Waals surface area contributed by atoms with E-state index in [0.29, 0.717) is 4.47 Å². The zero-order valence-corrected chi connectivity index (χ0v) is 12.5. The second kappa shape index (κ2) is 5.70. The summed E-state index contributed by atoms with van der Waals surface area (Å²) >= 11 is 3.25. The van der Waals surface area contributed by atoms with Gasteiger partial charge in [-0.1, -0.05) is 25.8 Å². The van der Waals surface area contributed by atoms with E-state index in [9.17, 15) is 4.39 Å². The molecule has 0 saturated heterocycles. The number of halogens is 2. The average molecular weight is 314 g/mol. The lowest BCUT2D eigenvalue weighted by atomic mass is 9.68. The van der Waals surface area contributed by atoms with Gasteiger partial charge in [0.15, 0.2) is 0 Å². The lowest BCUT2D eigenvalue weighted by Gasteiger charge is -2.39. The van der Waals surface area contributed by atoms with Crippen molar-refractivity contribution in [1.82, 2.24) is 0 Å². The third-order valence-electron chi connectivity index (χ3n) is 4.33. The maximum Gasteiger partial charge on any atom is 0.137 e. The van der Waals surface area contributed by atoms with E-state index in [0.717, 1.165) is 18.9 Å². The average Bonchev–Trinajstić information content (AvgIpc) is 2.37. The molecule has 0 atom stereocenters. The van der Waals surface area contributed by atoms with Crippen LogP contribution in [0.1, 0.15) is 38.2 Å². The van der Waals surface area contributed by atoms with Crippen LogP contribution in [0.2, 0.25) is 0 Å². The van der Waals surface area contributed by atoms with Gasteiger partial charge in [-0.2, -0.15) is 0 Å².